The molecule has 0 spiro atoms. The van der Waals surface area contributed by atoms with Gasteiger partial charge in [-0.1, -0.05) is 12.1 Å². The number of rotatable bonds is 15. The van der Waals surface area contributed by atoms with Crippen molar-refractivity contribution in [2.24, 2.45) is 11.8 Å². The van der Waals surface area contributed by atoms with Crippen LogP contribution in [0.3, 0.4) is 0 Å². The molecule has 0 aliphatic carbocycles. The van der Waals surface area contributed by atoms with E-state index < -0.39 is 86.5 Å². The van der Waals surface area contributed by atoms with Crippen LogP contribution in [0, 0.1) is 11.8 Å². The van der Waals surface area contributed by atoms with Gasteiger partial charge in [0.15, 0.2) is 35.6 Å². The lowest BCUT2D eigenvalue weighted by atomic mass is 9.83. The third-order valence-electron chi connectivity index (χ3n) is 8.80. The standard InChI is InChI=1S/C32H46O16/c1-43-21-9-15(3-5-19(21)35)7-17(13-45-31-29(41)27(39)25(37)23(11-33)47-31)18(8-16-4-6-20(36)22(10-16)44-2)14-46-32-30(42)28(40)26(38)24(12-34)48-32/h3-6,9-10,17-18,23-42H,7-8,11-14H2,1-2H3/t17?,18?,23-,24-,25-,26-,27+,28+,29-,30-,31?,32?/m1/s1. The minimum Gasteiger partial charge on any atom is -0.504 e. The lowest BCUT2D eigenvalue weighted by Gasteiger charge is -2.41. The molecule has 0 aromatic heterocycles. The number of benzene rings is 2. The summed E-state index contributed by atoms with van der Waals surface area (Å²) in [5.74, 6) is -0.854. The number of aliphatic hydroxyl groups is 8. The summed E-state index contributed by atoms with van der Waals surface area (Å²) in [5, 5.41) is 102. The fourth-order valence-corrected chi connectivity index (χ4v) is 5.87. The van der Waals surface area contributed by atoms with Crippen molar-refractivity contribution in [3.05, 3.63) is 47.5 Å². The first-order chi connectivity index (χ1) is 22.9. The molecule has 10 N–H and O–H groups in total. The van der Waals surface area contributed by atoms with Gasteiger partial charge in [0.2, 0.25) is 0 Å². The summed E-state index contributed by atoms with van der Waals surface area (Å²) >= 11 is 0. The normalized spacial score (nSPS) is 32.0. The van der Waals surface area contributed by atoms with E-state index in [1.165, 1.54) is 26.4 Å². The number of methoxy groups -OCH3 is 2. The maximum atomic E-state index is 10.6. The van der Waals surface area contributed by atoms with Crippen LogP contribution in [0.5, 0.6) is 23.0 Å². The Morgan fingerprint density at radius 1 is 0.583 bits per heavy atom. The highest BCUT2D eigenvalue weighted by molar-refractivity contribution is 5.43. The van der Waals surface area contributed by atoms with Gasteiger partial charge in [0.05, 0.1) is 40.6 Å². The van der Waals surface area contributed by atoms with Gasteiger partial charge < -0.3 is 79.5 Å². The highest BCUT2D eigenvalue weighted by Crippen LogP contribution is 2.34. The van der Waals surface area contributed by atoms with Crippen LogP contribution in [0.4, 0.5) is 0 Å². The van der Waals surface area contributed by atoms with Gasteiger partial charge in [0.25, 0.3) is 0 Å². The smallest absolute Gasteiger partial charge is 0.186 e. The van der Waals surface area contributed by atoms with E-state index in [9.17, 15) is 51.1 Å². The predicted molar refractivity (Wildman–Crippen MR) is 163 cm³/mol. The minimum absolute atomic E-state index is 0.0888. The summed E-state index contributed by atoms with van der Waals surface area (Å²) in [5.41, 5.74) is 1.38. The van der Waals surface area contributed by atoms with Crippen molar-refractivity contribution >= 4 is 0 Å². The van der Waals surface area contributed by atoms with Gasteiger partial charge in [0.1, 0.15) is 48.8 Å². The first kappa shape index (κ1) is 38.0. The molecular formula is C32H46O16. The molecule has 16 heteroatoms. The Morgan fingerprint density at radius 2 is 0.958 bits per heavy atom. The van der Waals surface area contributed by atoms with Gasteiger partial charge in [0, 0.05) is 0 Å². The number of aliphatic hydroxyl groups excluding tert-OH is 8. The van der Waals surface area contributed by atoms with Crippen molar-refractivity contribution in [3.8, 4) is 23.0 Å². The van der Waals surface area contributed by atoms with Crippen LogP contribution in [0.1, 0.15) is 11.1 Å². The Kier molecular flexibility index (Phi) is 13.6. The quantitative estimate of drug-likeness (QED) is 0.0951. The van der Waals surface area contributed by atoms with Crippen molar-refractivity contribution in [2.75, 3.05) is 40.6 Å². The molecule has 12 atom stereocenters. The van der Waals surface area contributed by atoms with Crippen LogP contribution in [-0.4, -0.2) is 153 Å². The fourth-order valence-electron chi connectivity index (χ4n) is 5.87. The maximum Gasteiger partial charge on any atom is 0.186 e. The van der Waals surface area contributed by atoms with Crippen LogP contribution in [0.15, 0.2) is 36.4 Å². The Hall–Kier alpha value is -2.84. The molecular weight excluding hydrogens is 640 g/mol. The average Bonchev–Trinajstić information content (AvgIpc) is 3.09. The summed E-state index contributed by atoms with van der Waals surface area (Å²) < 4.78 is 33.6. The molecule has 4 rings (SSSR count). The third kappa shape index (κ3) is 8.84. The summed E-state index contributed by atoms with van der Waals surface area (Å²) in [6, 6.07) is 9.47. The van der Waals surface area contributed by atoms with Crippen molar-refractivity contribution in [1.29, 1.82) is 0 Å². The van der Waals surface area contributed by atoms with E-state index >= 15 is 0 Å². The molecule has 2 aliphatic heterocycles. The van der Waals surface area contributed by atoms with E-state index in [2.05, 4.69) is 0 Å². The SMILES string of the molecule is COc1cc(CC(COC2O[C@H](CO)[C@@H](O)[C@H](O)[C@H]2O)C(COC2O[C@H](CO)[C@@H](O)[C@H](O)[C@H]2O)Cc2ccc(O)c(OC)c2)ccc1O. The van der Waals surface area contributed by atoms with Crippen LogP contribution in [0.25, 0.3) is 0 Å². The lowest BCUT2D eigenvalue weighted by Crippen LogP contribution is -2.59. The van der Waals surface area contributed by atoms with E-state index in [1.54, 1.807) is 24.3 Å². The van der Waals surface area contributed by atoms with E-state index in [-0.39, 0.29) is 49.1 Å². The molecule has 0 amide bonds. The second-order valence-electron chi connectivity index (χ2n) is 12.0. The fraction of sp³-hybridized carbons (Fsp3) is 0.625. The van der Waals surface area contributed by atoms with Gasteiger partial charge in [-0.15, -0.1) is 0 Å². The van der Waals surface area contributed by atoms with Crippen molar-refractivity contribution in [2.45, 2.75) is 74.3 Å². The number of aromatic hydroxyl groups is 2. The van der Waals surface area contributed by atoms with Gasteiger partial charge in [-0.2, -0.15) is 0 Å². The zero-order valence-electron chi connectivity index (χ0n) is 26.6. The van der Waals surface area contributed by atoms with Crippen LogP contribution >= 0.6 is 0 Å². The number of hydrogen-bond donors (Lipinski definition) is 10. The number of hydrogen-bond acceptors (Lipinski definition) is 16. The summed E-state index contributed by atoms with van der Waals surface area (Å²) in [6.07, 6.45) is -14.7. The molecule has 0 bridgehead atoms. The molecule has 2 fully saturated rings. The number of ether oxygens (including phenoxy) is 6. The second kappa shape index (κ2) is 17.2. The van der Waals surface area contributed by atoms with Crippen LogP contribution in [0.2, 0.25) is 0 Å². The summed E-state index contributed by atoms with van der Waals surface area (Å²) in [7, 11) is 2.79. The number of phenols is 2. The molecule has 16 nitrogen and oxygen atoms in total. The predicted octanol–water partition coefficient (Wildman–Crippen LogP) is -2.23. The number of phenolic OH excluding ortho intramolecular Hbond substituents is 2. The minimum atomic E-state index is -1.67. The van der Waals surface area contributed by atoms with Gasteiger partial charge in [-0.3, -0.25) is 0 Å². The molecule has 4 unspecified atom stereocenters. The van der Waals surface area contributed by atoms with Crippen molar-refractivity contribution in [1.82, 2.24) is 0 Å². The topological polar surface area (TPSA) is 258 Å². The Balaban J connectivity index is 1.66. The monoisotopic (exact) mass is 686 g/mol. The van der Waals surface area contributed by atoms with E-state index in [0.29, 0.717) is 11.1 Å². The molecule has 2 aliphatic rings. The molecule has 270 valence electrons. The first-order valence-corrected chi connectivity index (χ1v) is 15.5. The maximum absolute atomic E-state index is 10.6. The molecule has 0 saturated carbocycles. The van der Waals surface area contributed by atoms with Crippen molar-refractivity contribution < 1.29 is 79.5 Å². The highest BCUT2D eigenvalue weighted by atomic mass is 16.7. The van der Waals surface area contributed by atoms with Crippen LogP contribution in [-0.2, 0) is 31.8 Å². The molecule has 2 aromatic carbocycles. The third-order valence-corrected chi connectivity index (χ3v) is 8.80. The second-order valence-corrected chi connectivity index (χ2v) is 12.0. The Labute approximate surface area is 276 Å². The average molecular weight is 687 g/mol. The molecule has 0 radical (unpaired) electrons. The zero-order chi connectivity index (χ0) is 35.1. The largest absolute Gasteiger partial charge is 0.504 e. The first-order valence-electron chi connectivity index (χ1n) is 15.5. The van der Waals surface area contributed by atoms with E-state index in [0.717, 1.165) is 0 Å². The molecule has 48 heavy (non-hydrogen) atoms. The highest BCUT2D eigenvalue weighted by Gasteiger charge is 2.46. The lowest BCUT2D eigenvalue weighted by molar-refractivity contribution is -0.308. The molecule has 2 heterocycles. The van der Waals surface area contributed by atoms with E-state index in [1.807, 2.05) is 0 Å². The zero-order valence-corrected chi connectivity index (χ0v) is 26.6. The molecule has 2 aromatic rings. The Morgan fingerprint density at radius 3 is 1.29 bits per heavy atom. The summed E-state index contributed by atoms with van der Waals surface area (Å²) in [6.45, 7) is -1.63. The van der Waals surface area contributed by atoms with Crippen molar-refractivity contribution in [3.63, 3.8) is 0 Å². The van der Waals surface area contributed by atoms with Gasteiger partial charge in [-0.05, 0) is 60.1 Å². The van der Waals surface area contributed by atoms with E-state index in [4.69, 9.17) is 28.4 Å². The summed E-state index contributed by atoms with van der Waals surface area (Å²) in [4.78, 5) is 0. The van der Waals surface area contributed by atoms with Gasteiger partial charge >= 0.3 is 0 Å². The van der Waals surface area contributed by atoms with Crippen LogP contribution < -0.4 is 9.47 Å². The Bertz CT molecular complexity index is 1200. The van der Waals surface area contributed by atoms with Gasteiger partial charge in [-0.25, -0.2) is 0 Å². The molecule has 2 saturated heterocycles.